The number of piperazine rings is 1. The summed E-state index contributed by atoms with van der Waals surface area (Å²) in [5.74, 6) is 0.274. The van der Waals surface area contributed by atoms with Crippen molar-refractivity contribution < 1.29 is 4.79 Å². The zero-order chi connectivity index (χ0) is 14.3. The summed E-state index contributed by atoms with van der Waals surface area (Å²) in [5.41, 5.74) is -0.109. The third-order valence-electron chi connectivity index (χ3n) is 3.75. The van der Waals surface area contributed by atoms with E-state index in [1.165, 1.54) is 0 Å². The summed E-state index contributed by atoms with van der Waals surface area (Å²) in [4.78, 5) is 17.0. The monoisotopic (exact) mass is 254 g/mol. The number of hydrogen-bond acceptors (Lipinski definition) is 2. The summed E-state index contributed by atoms with van der Waals surface area (Å²) < 4.78 is 0. The van der Waals surface area contributed by atoms with Crippen molar-refractivity contribution in [3.63, 3.8) is 0 Å². The summed E-state index contributed by atoms with van der Waals surface area (Å²) >= 11 is 0. The fourth-order valence-electron chi connectivity index (χ4n) is 2.78. The minimum atomic E-state index is -0.280. The minimum Gasteiger partial charge on any atom is -0.337 e. The molecule has 0 aliphatic carbocycles. The van der Waals surface area contributed by atoms with Gasteiger partial charge in [0.05, 0.1) is 0 Å². The molecule has 18 heavy (non-hydrogen) atoms. The summed E-state index contributed by atoms with van der Waals surface area (Å²) in [6.07, 6.45) is 0. The van der Waals surface area contributed by atoms with Crippen LogP contribution in [0.1, 0.15) is 55.4 Å². The van der Waals surface area contributed by atoms with Crippen molar-refractivity contribution in [2.24, 2.45) is 5.41 Å². The van der Waals surface area contributed by atoms with Gasteiger partial charge in [-0.15, -0.1) is 0 Å². The van der Waals surface area contributed by atoms with Crippen LogP contribution in [-0.2, 0) is 4.79 Å². The summed E-state index contributed by atoms with van der Waals surface area (Å²) in [6.45, 7) is 18.9. The number of carbonyl (C=O) groups excluding carboxylic acids is 1. The Balaban J connectivity index is 2.84. The molecule has 1 saturated heterocycles. The van der Waals surface area contributed by atoms with Gasteiger partial charge in [0.25, 0.3) is 0 Å². The van der Waals surface area contributed by atoms with Crippen LogP contribution in [0.3, 0.4) is 0 Å². The molecule has 1 fully saturated rings. The molecule has 1 rings (SSSR count). The van der Waals surface area contributed by atoms with Crippen LogP contribution in [0.25, 0.3) is 0 Å². The van der Waals surface area contributed by atoms with Crippen LogP contribution < -0.4 is 0 Å². The summed E-state index contributed by atoms with van der Waals surface area (Å²) in [5, 5.41) is 0. The zero-order valence-electron chi connectivity index (χ0n) is 13.4. The molecule has 3 heteroatoms. The molecule has 0 N–H and O–H groups in total. The highest BCUT2D eigenvalue weighted by Gasteiger charge is 2.39. The van der Waals surface area contributed by atoms with Crippen LogP contribution in [-0.4, -0.2) is 46.4 Å². The molecular formula is C15H30N2O. The second-order valence-electron chi connectivity index (χ2n) is 7.73. The number of rotatable bonds is 0. The van der Waals surface area contributed by atoms with E-state index in [1.54, 1.807) is 0 Å². The van der Waals surface area contributed by atoms with Crippen molar-refractivity contribution in [2.45, 2.75) is 73.0 Å². The molecule has 106 valence electrons. The van der Waals surface area contributed by atoms with Crippen molar-refractivity contribution in [3.8, 4) is 0 Å². The van der Waals surface area contributed by atoms with E-state index in [0.29, 0.717) is 12.1 Å². The Hall–Kier alpha value is -0.570. The molecule has 0 aromatic carbocycles. The van der Waals surface area contributed by atoms with Crippen LogP contribution >= 0.6 is 0 Å². The fourth-order valence-corrected chi connectivity index (χ4v) is 2.78. The molecule has 0 aromatic rings. The third-order valence-corrected chi connectivity index (χ3v) is 3.75. The van der Waals surface area contributed by atoms with E-state index in [1.807, 2.05) is 20.8 Å². The van der Waals surface area contributed by atoms with E-state index in [0.717, 1.165) is 13.1 Å². The van der Waals surface area contributed by atoms with E-state index in [9.17, 15) is 4.79 Å². The Labute approximate surface area is 113 Å². The smallest absolute Gasteiger partial charge is 0.228 e. The third kappa shape index (κ3) is 3.25. The first kappa shape index (κ1) is 15.5. The first-order valence-electron chi connectivity index (χ1n) is 7.02. The van der Waals surface area contributed by atoms with Crippen molar-refractivity contribution in [1.82, 2.24) is 9.80 Å². The van der Waals surface area contributed by atoms with Crippen molar-refractivity contribution >= 4 is 5.91 Å². The molecule has 1 amide bonds. The molecule has 0 unspecified atom stereocenters. The Morgan fingerprint density at radius 1 is 0.944 bits per heavy atom. The topological polar surface area (TPSA) is 23.6 Å². The normalized spacial score (nSPS) is 27.4. The van der Waals surface area contributed by atoms with Crippen LogP contribution in [0.5, 0.6) is 0 Å². The van der Waals surface area contributed by atoms with Gasteiger partial charge in [-0.05, 0) is 34.6 Å². The maximum Gasteiger partial charge on any atom is 0.228 e. The second kappa shape index (κ2) is 4.84. The Kier molecular flexibility index (Phi) is 4.16. The molecule has 2 atom stereocenters. The molecule has 0 spiro atoms. The molecular weight excluding hydrogens is 224 g/mol. The highest BCUT2D eigenvalue weighted by Crippen LogP contribution is 2.27. The molecule has 0 saturated carbocycles. The van der Waals surface area contributed by atoms with Crippen molar-refractivity contribution in [2.75, 3.05) is 13.1 Å². The minimum absolute atomic E-state index is 0.171. The highest BCUT2D eigenvalue weighted by atomic mass is 16.2. The number of carbonyl (C=O) groups is 1. The van der Waals surface area contributed by atoms with Gasteiger partial charge in [-0.2, -0.15) is 0 Å². The van der Waals surface area contributed by atoms with Crippen molar-refractivity contribution in [1.29, 1.82) is 0 Å². The lowest BCUT2D eigenvalue weighted by Gasteiger charge is -2.50. The van der Waals surface area contributed by atoms with Gasteiger partial charge in [-0.3, -0.25) is 9.69 Å². The van der Waals surface area contributed by atoms with E-state index in [2.05, 4.69) is 44.4 Å². The average molecular weight is 254 g/mol. The Morgan fingerprint density at radius 2 is 1.44 bits per heavy atom. The van der Waals surface area contributed by atoms with Gasteiger partial charge < -0.3 is 4.90 Å². The van der Waals surface area contributed by atoms with Crippen LogP contribution in [0.15, 0.2) is 0 Å². The van der Waals surface area contributed by atoms with Crippen LogP contribution in [0, 0.1) is 5.41 Å². The average Bonchev–Trinajstić information content (AvgIpc) is 2.16. The van der Waals surface area contributed by atoms with Crippen LogP contribution in [0.4, 0.5) is 0 Å². The van der Waals surface area contributed by atoms with Crippen molar-refractivity contribution in [3.05, 3.63) is 0 Å². The van der Waals surface area contributed by atoms with Gasteiger partial charge in [0.1, 0.15) is 0 Å². The Bertz CT molecular complexity index is 311. The van der Waals surface area contributed by atoms with Gasteiger partial charge in [0, 0.05) is 36.1 Å². The quantitative estimate of drug-likeness (QED) is 0.663. The number of nitrogens with zero attached hydrogens (tertiary/aromatic N) is 2. The molecule has 0 aromatic heterocycles. The van der Waals surface area contributed by atoms with Gasteiger partial charge in [0.2, 0.25) is 5.91 Å². The molecule has 0 radical (unpaired) electrons. The predicted octanol–water partition coefficient (Wildman–Crippen LogP) is 2.75. The largest absolute Gasteiger partial charge is 0.337 e. The summed E-state index contributed by atoms with van der Waals surface area (Å²) in [7, 11) is 0. The first-order chi connectivity index (χ1) is 7.94. The molecule has 1 aliphatic heterocycles. The lowest BCUT2D eigenvalue weighted by atomic mass is 9.91. The fraction of sp³-hybridized carbons (Fsp3) is 0.933. The predicted molar refractivity (Wildman–Crippen MR) is 76.6 cm³/mol. The first-order valence-corrected chi connectivity index (χ1v) is 7.02. The molecule has 1 heterocycles. The number of hydrogen-bond donors (Lipinski definition) is 0. The van der Waals surface area contributed by atoms with E-state index >= 15 is 0 Å². The van der Waals surface area contributed by atoms with Crippen LogP contribution in [0.2, 0.25) is 0 Å². The van der Waals surface area contributed by atoms with Gasteiger partial charge in [0.15, 0.2) is 0 Å². The van der Waals surface area contributed by atoms with Gasteiger partial charge in [-0.1, -0.05) is 20.8 Å². The Morgan fingerprint density at radius 3 is 1.83 bits per heavy atom. The molecule has 0 bridgehead atoms. The molecule has 3 nitrogen and oxygen atoms in total. The SMILES string of the molecule is C[C@@H]1CN(C(C)(C)C)[C@H](C)CN1C(=O)C(C)(C)C. The van der Waals surface area contributed by atoms with E-state index < -0.39 is 0 Å². The van der Waals surface area contributed by atoms with E-state index in [4.69, 9.17) is 0 Å². The highest BCUT2D eigenvalue weighted by molar-refractivity contribution is 5.82. The maximum absolute atomic E-state index is 12.4. The van der Waals surface area contributed by atoms with Gasteiger partial charge >= 0.3 is 0 Å². The van der Waals surface area contributed by atoms with Gasteiger partial charge in [-0.25, -0.2) is 0 Å². The number of amides is 1. The molecule has 1 aliphatic rings. The zero-order valence-corrected chi connectivity index (χ0v) is 13.4. The lowest BCUT2D eigenvalue weighted by Crippen LogP contribution is -2.63. The lowest BCUT2D eigenvalue weighted by molar-refractivity contribution is -0.147. The summed E-state index contributed by atoms with van der Waals surface area (Å²) in [6, 6.07) is 0.722. The standard InChI is InChI=1S/C15H30N2O/c1-11-10-17(15(6,7)8)12(2)9-16(11)13(18)14(3,4)5/h11-12H,9-10H2,1-8H3/t11-,12-/m1/s1. The maximum atomic E-state index is 12.4. The second-order valence-corrected chi connectivity index (χ2v) is 7.73. The van der Waals surface area contributed by atoms with E-state index in [-0.39, 0.29) is 16.9 Å².